The highest BCUT2D eigenvalue weighted by atomic mass is 16.4. The fourth-order valence-corrected chi connectivity index (χ4v) is 3.35. The summed E-state index contributed by atoms with van der Waals surface area (Å²) in [6.07, 6.45) is 0. The topological polar surface area (TPSA) is 53.6 Å². The number of hydrogen-bond acceptors (Lipinski definition) is 3. The molecule has 116 valence electrons. The van der Waals surface area contributed by atoms with Crippen LogP contribution < -0.4 is 32.8 Å². The van der Waals surface area contributed by atoms with Crippen molar-refractivity contribution in [1.29, 1.82) is 0 Å². The van der Waals surface area contributed by atoms with Crippen LogP contribution in [0.2, 0.25) is 0 Å². The summed E-state index contributed by atoms with van der Waals surface area (Å²) in [6.45, 7) is 0. The zero-order chi connectivity index (χ0) is 19.5. The molecule has 4 rings (SSSR count). The minimum absolute atomic E-state index is 0.142. The van der Waals surface area contributed by atoms with Crippen molar-refractivity contribution < 1.29 is 14.5 Å². The zero-order valence-corrected chi connectivity index (χ0v) is 14.2. The van der Waals surface area contributed by atoms with E-state index in [2.05, 4.69) is 0 Å². The van der Waals surface area contributed by atoms with Crippen LogP contribution in [-0.4, -0.2) is 56.4 Å². The Kier molecular flexibility index (Phi) is 4.32. The van der Waals surface area contributed by atoms with E-state index in [4.69, 9.17) is 43.6 Å². The molecule has 0 atom stereocenters. The Bertz CT molecular complexity index is 1190. The van der Waals surface area contributed by atoms with Crippen LogP contribution in [0.15, 0.2) is 40.8 Å². The SMILES string of the molecule is [B]c1c([B])c([B])c(-c2cccc3oc4ccc(B(O)O)cc4c23)c([B])c1[B]. The molecule has 0 unspecified atom stereocenters. The van der Waals surface area contributed by atoms with Gasteiger partial charge in [-0.2, -0.15) is 0 Å². The summed E-state index contributed by atoms with van der Waals surface area (Å²) < 4.78 is 5.88. The van der Waals surface area contributed by atoms with Gasteiger partial charge in [-0.05, 0) is 28.7 Å². The zero-order valence-electron chi connectivity index (χ0n) is 14.2. The normalized spacial score (nSPS) is 11.3. The minimum Gasteiger partial charge on any atom is -0.456 e. The summed E-state index contributed by atoms with van der Waals surface area (Å²) in [7, 11) is 28.7. The number of furan rings is 1. The number of benzene rings is 3. The van der Waals surface area contributed by atoms with Crippen LogP contribution in [-0.2, 0) is 0 Å². The van der Waals surface area contributed by atoms with Crippen molar-refractivity contribution in [3.63, 3.8) is 0 Å². The average molecular weight is 337 g/mol. The molecule has 0 saturated heterocycles. The molecule has 0 fully saturated rings. The molecule has 1 aromatic heterocycles. The summed E-state index contributed by atoms with van der Waals surface area (Å²) in [5, 5.41) is 20.4. The van der Waals surface area contributed by atoms with Gasteiger partial charge in [0.25, 0.3) is 0 Å². The Morgan fingerprint density at radius 3 is 2.00 bits per heavy atom. The van der Waals surface area contributed by atoms with Crippen LogP contribution in [0.1, 0.15) is 0 Å². The van der Waals surface area contributed by atoms with Gasteiger partial charge < -0.3 is 14.5 Å². The van der Waals surface area contributed by atoms with E-state index in [0.717, 1.165) is 0 Å². The predicted molar refractivity (Wildman–Crippen MR) is 116 cm³/mol. The van der Waals surface area contributed by atoms with Crippen molar-refractivity contribution in [1.82, 2.24) is 0 Å². The molecule has 27 heavy (non-hydrogen) atoms. The van der Waals surface area contributed by atoms with E-state index in [-0.39, 0.29) is 27.3 Å². The Morgan fingerprint density at radius 2 is 1.37 bits per heavy atom. The largest absolute Gasteiger partial charge is 0.488 e. The van der Waals surface area contributed by atoms with Gasteiger partial charge in [-0.1, -0.05) is 35.2 Å². The predicted octanol–water partition coefficient (Wildman–Crippen LogP) is -3.10. The molecule has 0 aliphatic carbocycles. The monoisotopic (exact) mass is 338 g/mol. The molecule has 0 aliphatic heterocycles. The molecular weight excluding hydrogens is 329 g/mol. The first-order valence-corrected chi connectivity index (χ1v) is 8.14. The quantitative estimate of drug-likeness (QED) is 0.381. The number of hydrogen-bond donors (Lipinski definition) is 2. The first kappa shape index (κ1) is 18.1. The molecule has 9 heteroatoms. The third-order valence-corrected chi connectivity index (χ3v) is 4.79. The van der Waals surface area contributed by atoms with E-state index < -0.39 is 7.12 Å². The highest BCUT2D eigenvalue weighted by molar-refractivity contribution is 6.69. The lowest BCUT2D eigenvalue weighted by Gasteiger charge is -2.21. The van der Waals surface area contributed by atoms with Crippen molar-refractivity contribution in [3.8, 4) is 11.1 Å². The van der Waals surface area contributed by atoms with Crippen molar-refractivity contribution in [2.24, 2.45) is 0 Å². The second-order valence-corrected chi connectivity index (χ2v) is 6.35. The number of fused-ring (bicyclic) bond motifs is 3. The molecule has 0 bridgehead atoms. The Balaban J connectivity index is 2.15. The van der Waals surface area contributed by atoms with Gasteiger partial charge in [0.1, 0.15) is 50.4 Å². The molecule has 2 N–H and O–H groups in total. The second kappa shape index (κ2) is 6.43. The van der Waals surface area contributed by atoms with Crippen molar-refractivity contribution in [2.45, 2.75) is 0 Å². The Labute approximate surface area is 163 Å². The van der Waals surface area contributed by atoms with Gasteiger partial charge in [0.2, 0.25) is 0 Å². The molecule has 4 aromatic rings. The van der Waals surface area contributed by atoms with E-state index in [9.17, 15) is 10.0 Å². The van der Waals surface area contributed by atoms with Gasteiger partial charge in [-0.15, -0.1) is 16.4 Å². The van der Waals surface area contributed by atoms with E-state index in [0.29, 0.717) is 38.5 Å². The van der Waals surface area contributed by atoms with Crippen LogP contribution in [0, 0.1) is 0 Å². The summed E-state index contributed by atoms with van der Waals surface area (Å²) in [5.41, 5.74) is 3.52. The Morgan fingerprint density at radius 1 is 0.741 bits per heavy atom. The smallest absolute Gasteiger partial charge is 0.456 e. The maximum absolute atomic E-state index is 9.51. The van der Waals surface area contributed by atoms with Crippen LogP contribution in [0.3, 0.4) is 0 Å². The fraction of sp³-hybridized carbons (Fsp3) is 0. The van der Waals surface area contributed by atoms with Crippen LogP contribution in [0.25, 0.3) is 33.1 Å². The molecule has 0 spiro atoms. The maximum atomic E-state index is 9.51. The lowest BCUT2D eigenvalue weighted by Crippen LogP contribution is -2.55. The van der Waals surface area contributed by atoms with Gasteiger partial charge in [-0.3, -0.25) is 0 Å². The summed E-state index contributed by atoms with van der Waals surface area (Å²) in [6, 6.07) is 10.3. The van der Waals surface area contributed by atoms with Crippen LogP contribution in [0.4, 0.5) is 0 Å². The molecule has 3 nitrogen and oxygen atoms in total. The van der Waals surface area contributed by atoms with Gasteiger partial charge >= 0.3 is 7.12 Å². The molecular formula is C18H8B6O3. The second-order valence-electron chi connectivity index (χ2n) is 6.35. The molecule has 1 heterocycles. The minimum atomic E-state index is -1.61. The number of rotatable bonds is 2. The summed E-state index contributed by atoms with van der Waals surface area (Å²) >= 11 is 0. The van der Waals surface area contributed by atoms with E-state index in [1.807, 2.05) is 6.07 Å². The van der Waals surface area contributed by atoms with Crippen molar-refractivity contribution >= 4 is 101 Å². The maximum Gasteiger partial charge on any atom is 0.488 e. The molecule has 10 radical (unpaired) electrons. The van der Waals surface area contributed by atoms with E-state index >= 15 is 0 Å². The van der Waals surface area contributed by atoms with E-state index in [1.165, 1.54) is 0 Å². The lowest BCUT2D eigenvalue weighted by atomic mass is 9.59. The molecule has 3 aromatic carbocycles. The summed E-state index contributed by atoms with van der Waals surface area (Å²) in [5.74, 6) is 0. The fourth-order valence-electron chi connectivity index (χ4n) is 3.35. The van der Waals surface area contributed by atoms with E-state index in [1.54, 1.807) is 30.3 Å². The summed E-state index contributed by atoms with van der Waals surface area (Å²) in [4.78, 5) is 0. The van der Waals surface area contributed by atoms with Gasteiger partial charge in [0, 0.05) is 10.8 Å². The first-order chi connectivity index (χ1) is 12.8. The van der Waals surface area contributed by atoms with Crippen molar-refractivity contribution in [3.05, 3.63) is 36.4 Å². The molecule has 0 amide bonds. The standard InChI is InChI=1S/C18H8B6O3/c19-14-13(15(20)17(22)18(23)16(14)21)8-2-1-3-11-12(8)9-6-7(24(25)26)4-5-10(9)27-11/h1-6,25-26H. The van der Waals surface area contributed by atoms with Gasteiger partial charge in [-0.25, -0.2) is 0 Å². The van der Waals surface area contributed by atoms with Gasteiger partial charge in [0.05, 0.1) is 0 Å². The first-order valence-electron chi connectivity index (χ1n) is 8.14. The third-order valence-electron chi connectivity index (χ3n) is 4.79. The molecule has 0 aliphatic rings. The highest BCUT2D eigenvalue weighted by Gasteiger charge is 2.19. The van der Waals surface area contributed by atoms with Crippen molar-refractivity contribution in [2.75, 3.05) is 0 Å². The highest BCUT2D eigenvalue weighted by Crippen LogP contribution is 2.34. The molecule has 0 saturated carbocycles. The van der Waals surface area contributed by atoms with Gasteiger partial charge in [0.15, 0.2) is 0 Å². The Hall–Kier alpha value is -2.23. The average Bonchev–Trinajstić information content (AvgIpc) is 3.03. The lowest BCUT2D eigenvalue weighted by molar-refractivity contribution is 0.426. The third kappa shape index (κ3) is 2.69. The van der Waals surface area contributed by atoms with Crippen LogP contribution >= 0.6 is 0 Å². The van der Waals surface area contributed by atoms with Crippen LogP contribution in [0.5, 0.6) is 0 Å².